The van der Waals surface area contributed by atoms with Crippen LogP contribution in [0.25, 0.3) is 0 Å². The quantitative estimate of drug-likeness (QED) is 0.778. The summed E-state index contributed by atoms with van der Waals surface area (Å²) in [6, 6.07) is 6.30. The lowest BCUT2D eigenvalue weighted by Crippen LogP contribution is -2.26. The molecule has 1 fully saturated rings. The molecule has 2 aromatic heterocycles. The molecule has 23 heavy (non-hydrogen) atoms. The fourth-order valence-corrected chi connectivity index (χ4v) is 3.42. The molecular formula is C20H25FN2. The van der Waals surface area contributed by atoms with Crippen LogP contribution in [0.1, 0.15) is 60.9 Å². The number of aryl methyl sites for hydroxylation is 2. The third-order valence-corrected chi connectivity index (χ3v) is 4.84. The van der Waals surface area contributed by atoms with Gasteiger partial charge in [-0.15, -0.1) is 0 Å². The SMILES string of the molecule is Cc1ccc(Cc2cncc(CCC3(F)CCCCC3)c2)cn1. The standard InChI is InChI=1S/C20H25FN2/c1-16-5-6-17(15-23-16)11-19-12-18(13-22-14-19)7-10-20(21)8-3-2-4-9-20/h5-6,12-15H,2-4,7-11H2,1H3. The zero-order chi connectivity index (χ0) is 16.1. The van der Waals surface area contributed by atoms with Crippen molar-refractivity contribution in [1.82, 2.24) is 9.97 Å². The first-order valence-corrected chi connectivity index (χ1v) is 8.66. The summed E-state index contributed by atoms with van der Waals surface area (Å²) in [7, 11) is 0. The molecule has 0 N–H and O–H groups in total. The van der Waals surface area contributed by atoms with E-state index in [9.17, 15) is 4.39 Å². The van der Waals surface area contributed by atoms with Gasteiger partial charge in [-0.25, -0.2) is 4.39 Å². The lowest BCUT2D eigenvalue weighted by atomic mass is 9.82. The molecule has 0 atom stereocenters. The van der Waals surface area contributed by atoms with Gasteiger partial charge in [0.1, 0.15) is 5.67 Å². The van der Waals surface area contributed by atoms with Crippen molar-refractivity contribution in [1.29, 1.82) is 0 Å². The van der Waals surface area contributed by atoms with Gasteiger partial charge in [-0.1, -0.05) is 31.4 Å². The van der Waals surface area contributed by atoms with Crippen molar-refractivity contribution < 1.29 is 4.39 Å². The molecule has 2 nitrogen and oxygen atoms in total. The lowest BCUT2D eigenvalue weighted by Gasteiger charge is -2.29. The van der Waals surface area contributed by atoms with Crippen LogP contribution in [0.4, 0.5) is 4.39 Å². The number of aromatic nitrogens is 2. The van der Waals surface area contributed by atoms with Crippen LogP contribution in [-0.4, -0.2) is 15.6 Å². The number of halogens is 1. The first kappa shape index (κ1) is 16.1. The summed E-state index contributed by atoms with van der Waals surface area (Å²) in [5.41, 5.74) is 3.58. The van der Waals surface area contributed by atoms with Crippen molar-refractivity contribution in [3.8, 4) is 0 Å². The van der Waals surface area contributed by atoms with Crippen LogP contribution in [0.2, 0.25) is 0 Å². The summed E-state index contributed by atoms with van der Waals surface area (Å²) < 4.78 is 14.7. The molecule has 0 unspecified atom stereocenters. The van der Waals surface area contributed by atoms with Crippen LogP contribution in [0.15, 0.2) is 36.8 Å². The summed E-state index contributed by atoms with van der Waals surface area (Å²) >= 11 is 0. The first-order chi connectivity index (χ1) is 11.1. The predicted molar refractivity (Wildman–Crippen MR) is 91.3 cm³/mol. The fourth-order valence-electron chi connectivity index (χ4n) is 3.42. The van der Waals surface area contributed by atoms with E-state index >= 15 is 0 Å². The van der Waals surface area contributed by atoms with E-state index in [0.717, 1.165) is 49.8 Å². The van der Waals surface area contributed by atoms with E-state index in [0.29, 0.717) is 6.42 Å². The Morgan fingerprint density at radius 3 is 2.52 bits per heavy atom. The van der Waals surface area contributed by atoms with Crippen LogP contribution in [0, 0.1) is 6.92 Å². The second kappa shape index (κ2) is 7.20. The number of pyridine rings is 2. The molecule has 0 amide bonds. The maximum Gasteiger partial charge on any atom is 0.111 e. The Hall–Kier alpha value is -1.77. The van der Waals surface area contributed by atoms with E-state index in [1.54, 1.807) is 0 Å². The first-order valence-electron chi connectivity index (χ1n) is 8.66. The molecule has 0 radical (unpaired) electrons. The highest BCUT2D eigenvalue weighted by Crippen LogP contribution is 2.35. The third kappa shape index (κ3) is 4.60. The van der Waals surface area contributed by atoms with E-state index in [1.807, 2.05) is 31.6 Å². The van der Waals surface area contributed by atoms with Crippen molar-refractivity contribution in [2.24, 2.45) is 0 Å². The Balaban J connectivity index is 1.61. The molecular weight excluding hydrogens is 287 g/mol. The molecule has 3 rings (SSSR count). The molecule has 2 aromatic rings. The minimum Gasteiger partial charge on any atom is -0.264 e. The normalized spacial score (nSPS) is 17.1. The van der Waals surface area contributed by atoms with Gasteiger partial charge >= 0.3 is 0 Å². The molecule has 1 aliphatic rings. The molecule has 1 saturated carbocycles. The Labute approximate surface area is 138 Å². The van der Waals surface area contributed by atoms with Crippen molar-refractivity contribution >= 4 is 0 Å². The number of alkyl halides is 1. The smallest absolute Gasteiger partial charge is 0.111 e. The van der Waals surface area contributed by atoms with Gasteiger partial charge in [0.25, 0.3) is 0 Å². The van der Waals surface area contributed by atoms with Gasteiger partial charge in [-0.3, -0.25) is 9.97 Å². The van der Waals surface area contributed by atoms with Gasteiger partial charge in [-0.05, 0) is 55.4 Å². The van der Waals surface area contributed by atoms with Crippen LogP contribution in [0.5, 0.6) is 0 Å². The Kier molecular flexibility index (Phi) is 5.04. The zero-order valence-corrected chi connectivity index (χ0v) is 13.9. The molecule has 0 spiro atoms. The van der Waals surface area contributed by atoms with E-state index in [2.05, 4.69) is 22.1 Å². The highest BCUT2D eigenvalue weighted by Gasteiger charge is 2.30. The Morgan fingerprint density at radius 2 is 1.78 bits per heavy atom. The predicted octanol–water partition coefficient (Wildman–Crippen LogP) is 4.98. The van der Waals surface area contributed by atoms with E-state index in [1.165, 1.54) is 17.5 Å². The molecule has 0 saturated heterocycles. The van der Waals surface area contributed by atoms with E-state index < -0.39 is 5.67 Å². The number of rotatable bonds is 5. The third-order valence-electron chi connectivity index (χ3n) is 4.84. The van der Waals surface area contributed by atoms with Crippen LogP contribution in [-0.2, 0) is 12.8 Å². The number of hydrogen-bond donors (Lipinski definition) is 0. The van der Waals surface area contributed by atoms with Crippen LogP contribution in [0.3, 0.4) is 0 Å². The maximum atomic E-state index is 14.7. The lowest BCUT2D eigenvalue weighted by molar-refractivity contribution is 0.0967. The molecule has 3 heteroatoms. The van der Waals surface area contributed by atoms with Crippen molar-refractivity contribution in [2.45, 2.75) is 64.0 Å². The van der Waals surface area contributed by atoms with Gasteiger partial charge in [0.15, 0.2) is 0 Å². The number of hydrogen-bond acceptors (Lipinski definition) is 2. The van der Waals surface area contributed by atoms with E-state index in [-0.39, 0.29) is 0 Å². The minimum atomic E-state index is -0.949. The summed E-state index contributed by atoms with van der Waals surface area (Å²) in [6.45, 7) is 1.99. The minimum absolute atomic E-state index is 0.629. The monoisotopic (exact) mass is 312 g/mol. The molecule has 0 bridgehead atoms. The summed E-state index contributed by atoms with van der Waals surface area (Å²) in [5.74, 6) is 0. The summed E-state index contributed by atoms with van der Waals surface area (Å²) in [4.78, 5) is 8.68. The van der Waals surface area contributed by atoms with E-state index in [4.69, 9.17) is 0 Å². The average Bonchev–Trinajstić information content (AvgIpc) is 2.56. The van der Waals surface area contributed by atoms with Crippen molar-refractivity contribution in [2.75, 3.05) is 0 Å². The Morgan fingerprint density at radius 1 is 1.00 bits per heavy atom. The zero-order valence-electron chi connectivity index (χ0n) is 13.9. The van der Waals surface area contributed by atoms with Crippen molar-refractivity contribution in [3.05, 3.63) is 59.2 Å². The highest BCUT2D eigenvalue weighted by atomic mass is 19.1. The van der Waals surface area contributed by atoms with Gasteiger partial charge < -0.3 is 0 Å². The fraction of sp³-hybridized carbons (Fsp3) is 0.500. The molecule has 2 heterocycles. The maximum absolute atomic E-state index is 14.7. The topological polar surface area (TPSA) is 25.8 Å². The largest absolute Gasteiger partial charge is 0.264 e. The Bertz CT molecular complexity index is 630. The summed E-state index contributed by atoms with van der Waals surface area (Å²) in [5, 5.41) is 0. The molecule has 122 valence electrons. The second-order valence-corrected chi connectivity index (χ2v) is 6.90. The van der Waals surface area contributed by atoms with Gasteiger partial charge in [0.05, 0.1) is 0 Å². The van der Waals surface area contributed by atoms with Gasteiger partial charge in [-0.2, -0.15) is 0 Å². The molecule has 0 aliphatic heterocycles. The van der Waals surface area contributed by atoms with Crippen LogP contribution >= 0.6 is 0 Å². The second-order valence-electron chi connectivity index (χ2n) is 6.90. The highest BCUT2D eigenvalue weighted by molar-refractivity contribution is 5.26. The summed E-state index contributed by atoms with van der Waals surface area (Å²) in [6.07, 6.45) is 12.7. The number of nitrogens with zero attached hydrogens (tertiary/aromatic N) is 2. The molecule has 0 aromatic carbocycles. The molecule has 1 aliphatic carbocycles. The van der Waals surface area contributed by atoms with Gasteiger partial charge in [0, 0.05) is 30.7 Å². The van der Waals surface area contributed by atoms with Gasteiger partial charge in [0.2, 0.25) is 0 Å². The average molecular weight is 312 g/mol. The van der Waals surface area contributed by atoms with Crippen LogP contribution < -0.4 is 0 Å². The van der Waals surface area contributed by atoms with Crippen molar-refractivity contribution in [3.63, 3.8) is 0 Å².